The number of hydrogen-bond donors (Lipinski definition) is 1. The molecule has 1 atom stereocenters. The van der Waals surface area contributed by atoms with Gasteiger partial charge in [-0.05, 0) is 23.1 Å². The molecule has 1 aromatic carbocycles. The van der Waals surface area contributed by atoms with Crippen LogP contribution >= 0.6 is 11.3 Å². The van der Waals surface area contributed by atoms with Gasteiger partial charge < -0.3 is 5.32 Å². The highest BCUT2D eigenvalue weighted by Gasteiger charge is 2.43. The topological polar surface area (TPSA) is 66.5 Å². The lowest BCUT2D eigenvalue weighted by molar-refractivity contribution is -0.131. The van der Waals surface area contributed by atoms with Gasteiger partial charge in [-0.25, -0.2) is 4.90 Å². The number of benzene rings is 1. The predicted octanol–water partition coefficient (Wildman–Crippen LogP) is 2.04. The maximum atomic E-state index is 12.5. The highest BCUT2D eigenvalue weighted by molar-refractivity contribution is 7.09. The van der Waals surface area contributed by atoms with Crippen molar-refractivity contribution in [2.75, 3.05) is 4.90 Å². The van der Waals surface area contributed by atoms with Crippen LogP contribution in [0.25, 0.3) is 0 Å². The number of hydrogen-bond acceptors (Lipinski definition) is 4. The van der Waals surface area contributed by atoms with E-state index in [1.54, 1.807) is 24.3 Å². The lowest BCUT2D eigenvalue weighted by Gasteiger charge is -2.13. The van der Waals surface area contributed by atoms with Gasteiger partial charge in [-0.15, -0.1) is 11.3 Å². The van der Waals surface area contributed by atoms with Gasteiger partial charge in [0.25, 0.3) is 5.91 Å². The molecule has 1 aromatic heterocycles. The maximum Gasteiger partial charge on any atom is 0.250 e. The van der Waals surface area contributed by atoms with Crippen LogP contribution in [0.3, 0.4) is 0 Å². The van der Waals surface area contributed by atoms with E-state index in [0.29, 0.717) is 17.8 Å². The van der Waals surface area contributed by atoms with Gasteiger partial charge in [0.15, 0.2) is 0 Å². The van der Waals surface area contributed by atoms with Gasteiger partial charge in [0, 0.05) is 11.8 Å². The summed E-state index contributed by atoms with van der Waals surface area (Å²) < 4.78 is 0. The Morgan fingerprint density at radius 1 is 1.23 bits per heavy atom. The van der Waals surface area contributed by atoms with E-state index in [2.05, 4.69) is 5.32 Å². The van der Waals surface area contributed by atoms with Crippen molar-refractivity contribution in [3.8, 4) is 0 Å². The van der Waals surface area contributed by atoms with Gasteiger partial charge in [-0.2, -0.15) is 0 Å². The SMILES string of the molecule is CC(=O)N1C(=O)C(C(=O)NCc2cccs2)c2ccccc21. The summed E-state index contributed by atoms with van der Waals surface area (Å²) in [5.41, 5.74) is 1.07. The zero-order chi connectivity index (χ0) is 15.7. The quantitative estimate of drug-likeness (QED) is 0.882. The number of amides is 3. The number of imide groups is 1. The fraction of sp³-hybridized carbons (Fsp3) is 0.188. The average molecular weight is 314 g/mol. The Morgan fingerprint density at radius 2 is 2.00 bits per heavy atom. The van der Waals surface area contributed by atoms with E-state index < -0.39 is 11.8 Å². The summed E-state index contributed by atoms with van der Waals surface area (Å²) in [6, 6.07) is 10.7. The third kappa shape index (κ3) is 2.42. The fourth-order valence-electron chi connectivity index (χ4n) is 2.58. The molecule has 3 rings (SSSR count). The molecule has 0 spiro atoms. The third-order valence-corrected chi connectivity index (χ3v) is 4.43. The summed E-state index contributed by atoms with van der Waals surface area (Å²) in [6.45, 7) is 1.70. The minimum Gasteiger partial charge on any atom is -0.350 e. The summed E-state index contributed by atoms with van der Waals surface area (Å²) in [6.07, 6.45) is 0. The molecule has 1 N–H and O–H groups in total. The number of para-hydroxylation sites is 1. The number of carbonyl (C=O) groups excluding carboxylic acids is 3. The van der Waals surface area contributed by atoms with E-state index in [1.165, 1.54) is 18.3 Å². The minimum absolute atomic E-state index is 0.377. The van der Waals surface area contributed by atoms with Crippen molar-refractivity contribution in [1.29, 1.82) is 0 Å². The van der Waals surface area contributed by atoms with Gasteiger partial charge >= 0.3 is 0 Å². The molecule has 1 unspecified atom stereocenters. The molecule has 2 aromatic rings. The van der Waals surface area contributed by atoms with Crippen molar-refractivity contribution in [3.63, 3.8) is 0 Å². The zero-order valence-electron chi connectivity index (χ0n) is 11.9. The van der Waals surface area contributed by atoms with Crippen molar-refractivity contribution in [3.05, 3.63) is 52.2 Å². The van der Waals surface area contributed by atoms with Crippen LogP contribution in [0.15, 0.2) is 41.8 Å². The summed E-state index contributed by atoms with van der Waals surface area (Å²) >= 11 is 1.54. The zero-order valence-corrected chi connectivity index (χ0v) is 12.7. The highest BCUT2D eigenvalue weighted by atomic mass is 32.1. The molecule has 3 amide bonds. The molecule has 0 fully saturated rings. The van der Waals surface area contributed by atoms with E-state index in [0.717, 1.165) is 9.78 Å². The van der Waals surface area contributed by atoms with Gasteiger partial charge in [0.05, 0.1) is 12.2 Å². The van der Waals surface area contributed by atoms with Crippen molar-refractivity contribution >= 4 is 34.7 Å². The number of nitrogens with one attached hydrogen (secondary N) is 1. The van der Waals surface area contributed by atoms with Crippen LogP contribution in [-0.4, -0.2) is 17.7 Å². The number of fused-ring (bicyclic) bond motifs is 1. The van der Waals surface area contributed by atoms with Gasteiger partial charge in [0.1, 0.15) is 5.92 Å². The summed E-state index contributed by atoms with van der Waals surface area (Å²) in [5, 5.41) is 4.70. The normalized spacial score (nSPS) is 16.5. The highest BCUT2D eigenvalue weighted by Crippen LogP contribution is 2.37. The monoisotopic (exact) mass is 314 g/mol. The smallest absolute Gasteiger partial charge is 0.250 e. The molecule has 1 aliphatic heterocycles. The molecule has 0 aliphatic carbocycles. The number of carbonyl (C=O) groups is 3. The number of rotatable bonds is 3. The van der Waals surface area contributed by atoms with Crippen LogP contribution in [0.2, 0.25) is 0 Å². The summed E-state index contributed by atoms with van der Waals surface area (Å²) in [4.78, 5) is 38.7. The molecule has 0 radical (unpaired) electrons. The molecular weight excluding hydrogens is 300 g/mol. The summed E-state index contributed by atoms with van der Waals surface area (Å²) in [7, 11) is 0. The minimum atomic E-state index is -0.958. The van der Waals surface area contributed by atoms with Gasteiger partial charge in [0.2, 0.25) is 11.8 Å². The Hall–Kier alpha value is -2.47. The van der Waals surface area contributed by atoms with Crippen LogP contribution in [0.1, 0.15) is 23.3 Å². The Balaban J connectivity index is 1.85. The molecule has 5 nitrogen and oxygen atoms in total. The van der Waals surface area contributed by atoms with E-state index in [4.69, 9.17) is 0 Å². The number of nitrogens with zero attached hydrogens (tertiary/aromatic N) is 1. The van der Waals surface area contributed by atoms with E-state index >= 15 is 0 Å². The molecule has 0 bridgehead atoms. The first kappa shape index (κ1) is 14.5. The van der Waals surface area contributed by atoms with E-state index in [9.17, 15) is 14.4 Å². The fourth-order valence-corrected chi connectivity index (χ4v) is 3.23. The first-order valence-corrected chi connectivity index (χ1v) is 7.71. The molecule has 0 saturated carbocycles. The molecule has 6 heteroatoms. The maximum absolute atomic E-state index is 12.5. The van der Waals surface area contributed by atoms with Crippen molar-refractivity contribution in [2.45, 2.75) is 19.4 Å². The molecule has 0 saturated heterocycles. The molecule has 1 aliphatic rings. The van der Waals surface area contributed by atoms with Crippen LogP contribution < -0.4 is 10.2 Å². The van der Waals surface area contributed by atoms with Crippen LogP contribution in [0, 0.1) is 0 Å². The van der Waals surface area contributed by atoms with Crippen LogP contribution in [0.5, 0.6) is 0 Å². The summed E-state index contributed by atoms with van der Waals surface area (Å²) in [5.74, 6) is -2.21. The lowest BCUT2D eigenvalue weighted by atomic mass is 10.00. The molecule has 112 valence electrons. The molecule has 22 heavy (non-hydrogen) atoms. The number of anilines is 1. The van der Waals surface area contributed by atoms with Crippen LogP contribution in [0.4, 0.5) is 5.69 Å². The Bertz CT molecular complexity index is 740. The van der Waals surface area contributed by atoms with E-state index in [-0.39, 0.29) is 11.8 Å². The Morgan fingerprint density at radius 3 is 2.68 bits per heavy atom. The van der Waals surface area contributed by atoms with Crippen LogP contribution in [-0.2, 0) is 20.9 Å². The Kier molecular flexibility index (Phi) is 3.77. The molecule has 2 heterocycles. The number of thiophene rings is 1. The average Bonchev–Trinajstić information content (AvgIpc) is 3.09. The largest absolute Gasteiger partial charge is 0.350 e. The second-order valence-corrected chi connectivity index (χ2v) is 6.01. The van der Waals surface area contributed by atoms with Gasteiger partial charge in [-0.3, -0.25) is 14.4 Å². The van der Waals surface area contributed by atoms with Crippen molar-refractivity contribution in [1.82, 2.24) is 5.32 Å². The second-order valence-electron chi connectivity index (χ2n) is 4.98. The third-order valence-electron chi connectivity index (χ3n) is 3.55. The lowest BCUT2D eigenvalue weighted by Crippen LogP contribution is -2.38. The first-order chi connectivity index (χ1) is 10.6. The predicted molar refractivity (Wildman–Crippen MR) is 83.5 cm³/mol. The molecular formula is C16H14N2O3S. The van der Waals surface area contributed by atoms with Crippen molar-refractivity contribution < 1.29 is 14.4 Å². The standard InChI is InChI=1S/C16H14N2O3S/c1-10(19)18-13-7-3-2-6-12(13)14(16(18)21)15(20)17-9-11-5-4-8-22-11/h2-8,14H,9H2,1H3,(H,17,20). The second kappa shape index (κ2) is 5.73. The first-order valence-electron chi connectivity index (χ1n) is 6.83. The van der Waals surface area contributed by atoms with Gasteiger partial charge in [-0.1, -0.05) is 24.3 Å². The van der Waals surface area contributed by atoms with Crippen molar-refractivity contribution in [2.24, 2.45) is 0 Å². The Labute approximate surface area is 131 Å². The van der Waals surface area contributed by atoms with E-state index in [1.807, 2.05) is 17.5 Å².